The summed E-state index contributed by atoms with van der Waals surface area (Å²) in [5.41, 5.74) is 1.22. The second-order valence-electron chi connectivity index (χ2n) is 6.01. The number of carbonyl (C=O) groups excluding carboxylic acids is 1. The molecule has 0 radical (unpaired) electrons. The van der Waals surface area contributed by atoms with Gasteiger partial charge in [0.05, 0.1) is 24.2 Å². The van der Waals surface area contributed by atoms with Gasteiger partial charge >= 0.3 is 6.18 Å². The average molecular weight is 432 g/mol. The van der Waals surface area contributed by atoms with Crippen molar-refractivity contribution < 1.29 is 35.9 Å². The van der Waals surface area contributed by atoms with E-state index in [1.807, 2.05) is 0 Å². The summed E-state index contributed by atoms with van der Waals surface area (Å²) in [5, 5.41) is 7.70. The third-order valence-electron chi connectivity index (χ3n) is 3.75. The molecule has 0 unspecified atom stereocenters. The number of carbonyl (C=O) groups is 1. The molecular formula is C18H19F3N2O5S. The van der Waals surface area contributed by atoms with Gasteiger partial charge in [-0.25, -0.2) is 13.6 Å². The van der Waals surface area contributed by atoms with Crippen LogP contribution in [0.2, 0.25) is 0 Å². The molecule has 0 saturated carbocycles. The van der Waals surface area contributed by atoms with Crippen LogP contribution in [-0.4, -0.2) is 34.2 Å². The van der Waals surface area contributed by atoms with Crippen LogP contribution in [0.5, 0.6) is 5.75 Å². The van der Waals surface area contributed by atoms with Crippen molar-refractivity contribution in [3.8, 4) is 5.75 Å². The predicted octanol–water partition coefficient (Wildman–Crippen LogP) is 2.35. The number of rotatable bonds is 8. The highest BCUT2D eigenvalue weighted by atomic mass is 32.2. The van der Waals surface area contributed by atoms with Crippen LogP contribution in [0.3, 0.4) is 0 Å². The molecule has 0 aromatic heterocycles. The first-order chi connectivity index (χ1) is 13.5. The Hall–Kier alpha value is -2.63. The van der Waals surface area contributed by atoms with Gasteiger partial charge in [-0.1, -0.05) is 24.3 Å². The fraction of sp³-hybridized carbons (Fsp3) is 0.278. The second kappa shape index (κ2) is 9.25. The number of hydrogen-bond acceptors (Lipinski definition) is 5. The van der Waals surface area contributed by atoms with E-state index in [0.717, 1.165) is 6.07 Å². The maximum atomic E-state index is 12.4. The molecule has 0 atom stereocenters. The van der Waals surface area contributed by atoms with Gasteiger partial charge in [-0.3, -0.25) is 4.79 Å². The molecule has 29 heavy (non-hydrogen) atoms. The molecule has 0 aliphatic rings. The number of primary sulfonamides is 1. The van der Waals surface area contributed by atoms with Crippen molar-refractivity contribution >= 4 is 15.9 Å². The van der Waals surface area contributed by atoms with Gasteiger partial charge in [0.15, 0.2) is 0 Å². The summed E-state index contributed by atoms with van der Waals surface area (Å²) in [6, 6.07) is 10.1. The minimum atomic E-state index is -4.38. The number of nitrogens with one attached hydrogen (secondary N) is 1. The molecule has 2 aromatic carbocycles. The topological polar surface area (TPSA) is 108 Å². The average Bonchev–Trinajstić information content (AvgIpc) is 2.65. The summed E-state index contributed by atoms with van der Waals surface area (Å²) >= 11 is 0. The minimum absolute atomic E-state index is 0.00352. The second-order valence-corrected chi connectivity index (χ2v) is 7.58. The molecular weight excluding hydrogens is 413 g/mol. The fourth-order valence-electron chi connectivity index (χ4n) is 2.36. The number of ether oxygens (including phenoxy) is 2. The third-order valence-corrected chi connectivity index (χ3v) is 4.67. The summed E-state index contributed by atoms with van der Waals surface area (Å²) < 4.78 is 68.8. The Morgan fingerprint density at radius 3 is 2.28 bits per heavy atom. The Balaban J connectivity index is 2.00. The normalized spacial score (nSPS) is 11.9. The Morgan fingerprint density at radius 1 is 1.10 bits per heavy atom. The van der Waals surface area contributed by atoms with Crippen LogP contribution in [0.1, 0.15) is 21.5 Å². The first kappa shape index (κ1) is 22.7. The Bertz CT molecular complexity index is 960. The molecule has 11 heteroatoms. The van der Waals surface area contributed by atoms with Gasteiger partial charge in [-0.2, -0.15) is 13.2 Å². The highest BCUT2D eigenvalue weighted by Crippen LogP contribution is 2.22. The van der Waals surface area contributed by atoms with Crippen LogP contribution in [-0.2, 0) is 27.9 Å². The van der Waals surface area contributed by atoms with Crippen LogP contribution in [0.25, 0.3) is 0 Å². The molecule has 0 saturated heterocycles. The number of hydrogen-bond donors (Lipinski definition) is 2. The van der Waals surface area contributed by atoms with Gasteiger partial charge in [0.25, 0.3) is 5.91 Å². The summed E-state index contributed by atoms with van der Waals surface area (Å²) in [7, 11) is -2.65. The largest absolute Gasteiger partial charge is 0.496 e. The molecule has 0 aliphatic heterocycles. The quantitative estimate of drug-likeness (QED) is 0.666. The van der Waals surface area contributed by atoms with E-state index in [2.05, 4.69) is 10.1 Å². The van der Waals surface area contributed by atoms with Gasteiger partial charge in [0, 0.05) is 6.54 Å². The molecule has 0 spiro atoms. The van der Waals surface area contributed by atoms with E-state index in [-0.39, 0.29) is 29.4 Å². The molecule has 7 nitrogen and oxygen atoms in total. The van der Waals surface area contributed by atoms with Crippen LogP contribution in [0.4, 0.5) is 13.2 Å². The number of alkyl halides is 3. The molecule has 0 heterocycles. The van der Waals surface area contributed by atoms with Crippen molar-refractivity contribution in [3.63, 3.8) is 0 Å². The van der Waals surface area contributed by atoms with Gasteiger partial charge in [0.1, 0.15) is 12.4 Å². The van der Waals surface area contributed by atoms with Gasteiger partial charge < -0.3 is 14.8 Å². The number of halogens is 3. The van der Waals surface area contributed by atoms with E-state index in [9.17, 15) is 26.4 Å². The zero-order valence-corrected chi connectivity index (χ0v) is 16.1. The van der Waals surface area contributed by atoms with Crippen LogP contribution in [0, 0.1) is 0 Å². The zero-order valence-electron chi connectivity index (χ0n) is 15.3. The van der Waals surface area contributed by atoms with Crippen molar-refractivity contribution in [2.24, 2.45) is 5.14 Å². The predicted molar refractivity (Wildman–Crippen MR) is 97.7 cm³/mol. The van der Waals surface area contributed by atoms with E-state index < -0.39 is 28.7 Å². The lowest BCUT2D eigenvalue weighted by atomic mass is 10.1. The van der Waals surface area contributed by atoms with Crippen LogP contribution >= 0.6 is 0 Å². The number of amides is 1. The van der Waals surface area contributed by atoms with Crippen molar-refractivity contribution in [3.05, 3.63) is 59.2 Å². The van der Waals surface area contributed by atoms with E-state index in [4.69, 9.17) is 9.88 Å². The lowest BCUT2D eigenvalue weighted by Crippen LogP contribution is -2.24. The minimum Gasteiger partial charge on any atom is -0.496 e. The lowest BCUT2D eigenvalue weighted by molar-refractivity contribution is -0.176. The van der Waals surface area contributed by atoms with Crippen molar-refractivity contribution in [2.75, 3.05) is 13.7 Å². The summed E-state index contributed by atoms with van der Waals surface area (Å²) in [5.74, 6) is -0.406. The highest BCUT2D eigenvalue weighted by molar-refractivity contribution is 7.89. The Labute approximate surface area is 165 Å². The molecule has 2 rings (SSSR count). The first-order valence-corrected chi connectivity index (χ1v) is 9.75. The molecule has 2 aromatic rings. The highest BCUT2D eigenvalue weighted by Gasteiger charge is 2.27. The van der Waals surface area contributed by atoms with Gasteiger partial charge in [0.2, 0.25) is 10.0 Å². The zero-order chi connectivity index (χ0) is 21.7. The Morgan fingerprint density at radius 2 is 1.72 bits per heavy atom. The van der Waals surface area contributed by atoms with E-state index in [1.165, 1.54) is 19.2 Å². The summed E-state index contributed by atoms with van der Waals surface area (Å²) in [6.45, 7) is -1.42. The monoisotopic (exact) mass is 432 g/mol. The summed E-state index contributed by atoms with van der Waals surface area (Å²) in [6.07, 6.45) is -4.38. The number of nitrogens with two attached hydrogens (primary N) is 1. The van der Waals surface area contributed by atoms with Crippen LogP contribution in [0.15, 0.2) is 47.4 Å². The van der Waals surface area contributed by atoms with E-state index in [0.29, 0.717) is 11.1 Å². The smallest absolute Gasteiger partial charge is 0.411 e. The SMILES string of the molecule is COc1ccc(S(N)(=O)=O)cc1C(=O)NCc1ccc(COCC(F)(F)F)cc1. The van der Waals surface area contributed by atoms with Crippen molar-refractivity contribution in [2.45, 2.75) is 24.2 Å². The molecule has 158 valence electrons. The number of sulfonamides is 1. The fourth-order valence-corrected chi connectivity index (χ4v) is 2.90. The van der Waals surface area contributed by atoms with Gasteiger partial charge in [-0.15, -0.1) is 0 Å². The lowest BCUT2D eigenvalue weighted by Gasteiger charge is -2.11. The van der Waals surface area contributed by atoms with Gasteiger partial charge in [-0.05, 0) is 29.3 Å². The number of methoxy groups -OCH3 is 1. The Kier molecular flexibility index (Phi) is 7.22. The molecule has 0 fully saturated rings. The molecule has 0 aliphatic carbocycles. The maximum Gasteiger partial charge on any atom is 0.411 e. The summed E-state index contributed by atoms with van der Waals surface area (Å²) in [4.78, 5) is 12.2. The van der Waals surface area contributed by atoms with Crippen molar-refractivity contribution in [1.29, 1.82) is 0 Å². The standard InChI is InChI=1S/C18H19F3N2O5S/c1-27-16-7-6-14(29(22,25)26)8-15(16)17(24)23-9-12-2-4-13(5-3-12)10-28-11-18(19,20)21/h2-8H,9-11H2,1H3,(H,23,24)(H2,22,25,26). The van der Waals surface area contributed by atoms with E-state index >= 15 is 0 Å². The van der Waals surface area contributed by atoms with Crippen LogP contribution < -0.4 is 15.2 Å². The number of benzene rings is 2. The van der Waals surface area contributed by atoms with E-state index in [1.54, 1.807) is 24.3 Å². The first-order valence-electron chi connectivity index (χ1n) is 8.21. The molecule has 3 N–H and O–H groups in total. The van der Waals surface area contributed by atoms with Crippen molar-refractivity contribution in [1.82, 2.24) is 5.32 Å². The molecule has 0 bridgehead atoms. The third kappa shape index (κ3) is 7.04. The molecule has 1 amide bonds. The maximum absolute atomic E-state index is 12.4.